The summed E-state index contributed by atoms with van der Waals surface area (Å²) in [4.78, 5) is 13.4. The predicted molar refractivity (Wildman–Crippen MR) is 63.8 cm³/mol. The first kappa shape index (κ1) is 12.0. The van der Waals surface area contributed by atoms with E-state index in [2.05, 4.69) is 0 Å². The number of hydrogen-bond acceptors (Lipinski definition) is 3. The fraction of sp³-hybridized carbons (Fsp3) is 0.364. The SMILES string of the molecule is CN(C)c1ccc(C(=O)CCN)cc1Cl. The molecular weight excluding hydrogens is 212 g/mol. The van der Waals surface area contributed by atoms with Gasteiger partial charge in [-0.3, -0.25) is 4.79 Å². The third-order valence-electron chi connectivity index (χ3n) is 2.12. The van der Waals surface area contributed by atoms with Crippen molar-refractivity contribution >= 4 is 23.1 Å². The maximum absolute atomic E-state index is 11.5. The molecule has 4 heteroatoms. The molecule has 0 saturated carbocycles. The van der Waals surface area contributed by atoms with Crippen LogP contribution in [-0.4, -0.2) is 26.4 Å². The Balaban J connectivity index is 2.96. The molecule has 0 unspecified atom stereocenters. The van der Waals surface area contributed by atoms with Crippen LogP contribution in [0.15, 0.2) is 18.2 Å². The number of halogens is 1. The van der Waals surface area contributed by atoms with Crippen molar-refractivity contribution in [3.63, 3.8) is 0 Å². The van der Waals surface area contributed by atoms with E-state index < -0.39 is 0 Å². The summed E-state index contributed by atoms with van der Waals surface area (Å²) in [5, 5.41) is 0.586. The van der Waals surface area contributed by atoms with Crippen molar-refractivity contribution in [3.05, 3.63) is 28.8 Å². The zero-order chi connectivity index (χ0) is 11.4. The molecule has 2 N–H and O–H groups in total. The molecule has 0 aliphatic carbocycles. The van der Waals surface area contributed by atoms with E-state index in [9.17, 15) is 4.79 Å². The summed E-state index contributed by atoms with van der Waals surface area (Å²) >= 11 is 6.04. The maximum Gasteiger partial charge on any atom is 0.164 e. The molecule has 15 heavy (non-hydrogen) atoms. The monoisotopic (exact) mass is 226 g/mol. The predicted octanol–water partition coefficient (Wildman–Crippen LogP) is 1.94. The summed E-state index contributed by atoms with van der Waals surface area (Å²) in [7, 11) is 3.81. The summed E-state index contributed by atoms with van der Waals surface area (Å²) in [6, 6.07) is 5.31. The van der Waals surface area contributed by atoms with E-state index >= 15 is 0 Å². The lowest BCUT2D eigenvalue weighted by Crippen LogP contribution is -2.11. The second-order valence-corrected chi connectivity index (χ2v) is 3.93. The Bertz CT molecular complexity index is 364. The first-order chi connectivity index (χ1) is 7.06. The standard InChI is InChI=1S/C11H15ClN2O/c1-14(2)10-4-3-8(7-9(10)12)11(15)5-6-13/h3-4,7H,5-6,13H2,1-2H3. The highest BCUT2D eigenvalue weighted by atomic mass is 35.5. The summed E-state index contributed by atoms with van der Waals surface area (Å²) in [6.45, 7) is 0.367. The molecule has 1 aromatic carbocycles. The van der Waals surface area contributed by atoms with Crippen LogP contribution in [0.4, 0.5) is 5.69 Å². The highest BCUT2D eigenvalue weighted by Gasteiger charge is 2.08. The molecule has 0 spiro atoms. The molecule has 0 atom stereocenters. The van der Waals surface area contributed by atoms with Gasteiger partial charge in [0, 0.05) is 26.1 Å². The largest absolute Gasteiger partial charge is 0.376 e. The van der Waals surface area contributed by atoms with E-state index in [1.807, 2.05) is 25.1 Å². The molecule has 0 aromatic heterocycles. The summed E-state index contributed by atoms with van der Waals surface area (Å²) in [6.07, 6.45) is 0.359. The van der Waals surface area contributed by atoms with Crippen LogP contribution in [0.1, 0.15) is 16.8 Å². The van der Waals surface area contributed by atoms with Gasteiger partial charge in [-0.2, -0.15) is 0 Å². The molecule has 0 aliphatic rings. The zero-order valence-corrected chi connectivity index (χ0v) is 9.71. The van der Waals surface area contributed by atoms with Gasteiger partial charge in [0.25, 0.3) is 0 Å². The minimum Gasteiger partial charge on any atom is -0.376 e. The fourth-order valence-electron chi connectivity index (χ4n) is 1.32. The van der Waals surface area contributed by atoms with E-state index in [1.54, 1.807) is 12.1 Å². The van der Waals surface area contributed by atoms with Crippen LogP contribution < -0.4 is 10.6 Å². The van der Waals surface area contributed by atoms with Crippen molar-refractivity contribution < 1.29 is 4.79 Å². The molecule has 82 valence electrons. The van der Waals surface area contributed by atoms with E-state index in [0.717, 1.165) is 5.69 Å². The van der Waals surface area contributed by atoms with Crippen molar-refractivity contribution in [3.8, 4) is 0 Å². The minimum absolute atomic E-state index is 0.0321. The Morgan fingerprint density at radius 1 is 1.47 bits per heavy atom. The van der Waals surface area contributed by atoms with Crippen LogP contribution in [0.5, 0.6) is 0 Å². The first-order valence-corrected chi connectivity index (χ1v) is 5.14. The second-order valence-electron chi connectivity index (χ2n) is 3.52. The lowest BCUT2D eigenvalue weighted by Gasteiger charge is -2.14. The number of Topliss-reactive ketones (excluding diaryl/α,β-unsaturated/α-hetero) is 1. The fourth-order valence-corrected chi connectivity index (χ4v) is 1.67. The molecule has 3 nitrogen and oxygen atoms in total. The quantitative estimate of drug-likeness (QED) is 0.799. The van der Waals surface area contributed by atoms with Crippen molar-refractivity contribution in [2.45, 2.75) is 6.42 Å². The summed E-state index contributed by atoms with van der Waals surface area (Å²) in [5.41, 5.74) is 6.85. The van der Waals surface area contributed by atoms with E-state index in [4.69, 9.17) is 17.3 Å². The number of nitrogens with zero attached hydrogens (tertiary/aromatic N) is 1. The molecule has 0 heterocycles. The van der Waals surface area contributed by atoms with Crippen LogP contribution in [0.3, 0.4) is 0 Å². The molecule has 0 fully saturated rings. The number of hydrogen-bond donors (Lipinski definition) is 1. The number of ketones is 1. The number of anilines is 1. The van der Waals surface area contributed by atoms with Gasteiger partial charge in [0.1, 0.15) is 0 Å². The molecule has 0 radical (unpaired) electrons. The first-order valence-electron chi connectivity index (χ1n) is 4.76. The minimum atomic E-state index is 0.0321. The van der Waals surface area contributed by atoms with Gasteiger partial charge < -0.3 is 10.6 Å². The third kappa shape index (κ3) is 2.94. The van der Waals surface area contributed by atoms with E-state index in [-0.39, 0.29) is 5.78 Å². The normalized spacial score (nSPS) is 10.1. The van der Waals surface area contributed by atoms with Crippen molar-refractivity contribution in [2.24, 2.45) is 5.73 Å². The van der Waals surface area contributed by atoms with Crippen molar-refractivity contribution in [1.82, 2.24) is 0 Å². The molecule has 0 saturated heterocycles. The Hall–Kier alpha value is -1.06. The summed E-state index contributed by atoms with van der Waals surface area (Å²) in [5.74, 6) is 0.0321. The van der Waals surface area contributed by atoms with Gasteiger partial charge >= 0.3 is 0 Å². The Kier molecular flexibility index (Phi) is 4.12. The highest BCUT2D eigenvalue weighted by Crippen LogP contribution is 2.25. The van der Waals surface area contributed by atoms with E-state index in [1.165, 1.54) is 0 Å². The lowest BCUT2D eigenvalue weighted by atomic mass is 10.1. The molecule has 1 aromatic rings. The average Bonchev–Trinajstić information content (AvgIpc) is 2.17. The van der Waals surface area contributed by atoms with Crippen LogP contribution in [-0.2, 0) is 0 Å². The van der Waals surface area contributed by atoms with Crippen molar-refractivity contribution in [2.75, 3.05) is 25.5 Å². The number of nitrogens with two attached hydrogens (primary N) is 1. The highest BCUT2D eigenvalue weighted by molar-refractivity contribution is 6.33. The second kappa shape index (κ2) is 5.14. The van der Waals surface area contributed by atoms with Gasteiger partial charge in [0.05, 0.1) is 10.7 Å². The van der Waals surface area contributed by atoms with Crippen LogP contribution >= 0.6 is 11.6 Å². The number of rotatable bonds is 4. The molecule has 1 rings (SSSR count). The van der Waals surface area contributed by atoms with Gasteiger partial charge in [-0.1, -0.05) is 11.6 Å². The van der Waals surface area contributed by atoms with Gasteiger partial charge in [0.15, 0.2) is 5.78 Å². The van der Waals surface area contributed by atoms with Crippen LogP contribution in [0, 0.1) is 0 Å². The average molecular weight is 227 g/mol. The molecule has 0 bridgehead atoms. The van der Waals surface area contributed by atoms with Gasteiger partial charge in [-0.15, -0.1) is 0 Å². The molecular formula is C11H15ClN2O. The van der Waals surface area contributed by atoms with Crippen LogP contribution in [0.2, 0.25) is 5.02 Å². The molecule has 0 aliphatic heterocycles. The van der Waals surface area contributed by atoms with Gasteiger partial charge in [-0.25, -0.2) is 0 Å². The Labute approximate surface area is 94.8 Å². The van der Waals surface area contributed by atoms with Crippen LogP contribution in [0.25, 0.3) is 0 Å². The Morgan fingerprint density at radius 3 is 2.60 bits per heavy atom. The number of carbonyl (C=O) groups is 1. The zero-order valence-electron chi connectivity index (χ0n) is 8.96. The lowest BCUT2D eigenvalue weighted by molar-refractivity contribution is 0.0985. The third-order valence-corrected chi connectivity index (χ3v) is 2.43. The van der Waals surface area contributed by atoms with E-state index in [0.29, 0.717) is 23.6 Å². The molecule has 0 amide bonds. The maximum atomic E-state index is 11.5. The van der Waals surface area contributed by atoms with Gasteiger partial charge in [0.2, 0.25) is 0 Å². The Morgan fingerprint density at radius 2 is 2.13 bits per heavy atom. The van der Waals surface area contributed by atoms with Gasteiger partial charge in [-0.05, 0) is 24.7 Å². The number of carbonyl (C=O) groups excluding carboxylic acids is 1. The van der Waals surface area contributed by atoms with Crippen molar-refractivity contribution in [1.29, 1.82) is 0 Å². The smallest absolute Gasteiger partial charge is 0.164 e. The number of benzene rings is 1. The summed E-state index contributed by atoms with van der Waals surface area (Å²) < 4.78 is 0. The topological polar surface area (TPSA) is 46.3 Å².